The minimum Gasteiger partial charge on any atom is -0.325 e. The number of nitrogens with zero attached hydrogens (tertiary/aromatic N) is 1. The third-order valence-electron chi connectivity index (χ3n) is 4.03. The smallest absolute Gasteiger partial charge is 0.244 e. The number of nitrogens with one attached hydrogen (secondary N) is 1. The van der Waals surface area contributed by atoms with Gasteiger partial charge in [0, 0.05) is 10.7 Å². The lowest BCUT2D eigenvalue weighted by Gasteiger charge is -2.14. The van der Waals surface area contributed by atoms with Gasteiger partial charge in [-0.25, -0.2) is 0 Å². The number of fused-ring (bicyclic) bond motifs is 1. The first-order valence-corrected chi connectivity index (χ1v) is 7.49. The van der Waals surface area contributed by atoms with Gasteiger partial charge in [-0.3, -0.25) is 19.3 Å². The molecule has 1 aliphatic heterocycles. The molecular weight excluding hydrogens is 304 g/mol. The van der Waals surface area contributed by atoms with Crippen LogP contribution in [-0.4, -0.2) is 29.2 Å². The number of carbonyl (C=O) groups excluding carboxylic acids is 3. The van der Waals surface area contributed by atoms with Gasteiger partial charge < -0.3 is 5.32 Å². The average Bonchev–Trinajstić information content (AvgIpc) is 2.75. The number of hydrogen-bond acceptors (Lipinski definition) is 3. The molecule has 1 fully saturated rings. The fourth-order valence-electron chi connectivity index (χ4n) is 2.90. The van der Waals surface area contributed by atoms with Crippen molar-refractivity contribution in [2.75, 3.05) is 11.9 Å². The molecule has 1 aliphatic carbocycles. The van der Waals surface area contributed by atoms with Gasteiger partial charge in [-0.15, -0.1) is 0 Å². The molecule has 2 aliphatic rings. The van der Waals surface area contributed by atoms with Gasteiger partial charge in [0.1, 0.15) is 6.54 Å². The molecule has 0 saturated carbocycles. The van der Waals surface area contributed by atoms with Crippen LogP contribution in [0.4, 0.5) is 5.69 Å². The van der Waals surface area contributed by atoms with Gasteiger partial charge in [0.15, 0.2) is 0 Å². The Morgan fingerprint density at radius 3 is 2.18 bits per heavy atom. The van der Waals surface area contributed by atoms with Gasteiger partial charge in [-0.1, -0.05) is 23.8 Å². The normalized spacial score (nSPS) is 23.6. The van der Waals surface area contributed by atoms with Crippen LogP contribution in [0.25, 0.3) is 0 Å². The fraction of sp³-hybridized carbons (Fsp3) is 0.312. The van der Waals surface area contributed by atoms with Crippen LogP contribution < -0.4 is 5.32 Å². The molecule has 1 N–H and O–H groups in total. The summed E-state index contributed by atoms with van der Waals surface area (Å²) in [5.74, 6) is -1.49. The number of amides is 3. The van der Waals surface area contributed by atoms with E-state index in [1.165, 1.54) is 0 Å². The lowest BCUT2D eigenvalue weighted by atomic mass is 9.85. The van der Waals surface area contributed by atoms with Crippen molar-refractivity contribution in [3.8, 4) is 0 Å². The summed E-state index contributed by atoms with van der Waals surface area (Å²) < 4.78 is 0. The molecule has 3 rings (SSSR count). The highest BCUT2D eigenvalue weighted by atomic mass is 35.5. The van der Waals surface area contributed by atoms with Crippen LogP contribution in [0, 0.1) is 11.8 Å². The summed E-state index contributed by atoms with van der Waals surface area (Å²) in [5.41, 5.74) is 0.576. The number of allylic oxidation sites excluding steroid dienone is 2. The summed E-state index contributed by atoms with van der Waals surface area (Å²) in [5, 5.41) is 3.23. The zero-order valence-electron chi connectivity index (χ0n) is 11.8. The predicted molar refractivity (Wildman–Crippen MR) is 82.2 cm³/mol. The van der Waals surface area contributed by atoms with Crippen LogP contribution in [0.3, 0.4) is 0 Å². The number of benzene rings is 1. The monoisotopic (exact) mass is 318 g/mol. The predicted octanol–water partition coefficient (Wildman–Crippen LogP) is 2.23. The summed E-state index contributed by atoms with van der Waals surface area (Å²) in [6.07, 6.45) is 4.99. The molecule has 0 bridgehead atoms. The summed E-state index contributed by atoms with van der Waals surface area (Å²) in [7, 11) is 0. The van der Waals surface area contributed by atoms with Crippen LogP contribution in [-0.2, 0) is 14.4 Å². The van der Waals surface area contributed by atoms with Crippen LogP contribution >= 0.6 is 11.6 Å². The number of hydrogen-bond donors (Lipinski definition) is 1. The van der Waals surface area contributed by atoms with Crippen molar-refractivity contribution in [3.63, 3.8) is 0 Å². The van der Waals surface area contributed by atoms with E-state index in [4.69, 9.17) is 11.6 Å². The van der Waals surface area contributed by atoms with Crippen molar-refractivity contribution in [2.45, 2.75) is 12.8 Å². The Hall–Kier alpha value is -2.14. The zero-order chi connectivity index (χ0) is 15.7. The van der Waals surface area contributed by atoms with Gasteiger partial charge in [0.25, 0.3) is 0 Å². The Bertz CT molecular complexity index is 628. The number of carbonyl (C=O) groups is 3. The van der Waals surface area contributed by atoms with E-state index in [9.17, 15) is 14.4 Å². The minimum absolute atomic E-state index is 0.243. The number of halogens is 1. The number of anilines is 1. The summed E-state index contributed by atoms with van der Waals surface area (Å²) >= 11 is 5.78. The van der Waals surface area contributed by atoms with Crippen molar-refractivity contribution < 1.29 is 14.4 Å². The van der Waals surface area contributed by atoms with E-state index in [2.05, 4.69) is 5.32 Å². The van der Waals surface area contributed by atoms with Crippen LogP contribution in [0.5, 0.6) is 0 Å². The lowest BCUT2D eigenvalue weighted by molar-refractivity contribution is -0.142. The maximum absolute atomic E-state index is 12.3. The molecule has 1 heterocycles. The molecule has 0 radical (unpaired) electrons. The molecule has 3 amide bonds. The topological polar surface area (TPSA) is 66.5 Å². The Balaban J connectivity index is 1.65. The van der Waals surface area contributed by atoms with E-state index in [-0.39, 0.29) is 30.2 Å². The number of rotatable bonds is 3. The first kappa shape index (κ1) is 14.8. The number of likely N-dealkylation sites (tertiary alicyclic amines) is 1. The molecular formula is C16H15ClN2O3. The van der Waals surface area contributed by atoms with Gasteiger partial charge in [-0.2, -0.15) is 0 Å². The van der Waals surface area contributed by atoms with Crippen LogP contribution in [0.2, 0.25) is 5.02 Å². The van der Waals surface area contributed by atoms with Gasteiger partial charge in [0.05, 0.1) is 11.8 Å². The van der Waals surface area contributed by atoms with E-state index in [1.807, 2.05) is 12.2 Å². The van der Waals surface area contributed by atoms with E-state index in [1.54, 1.807) is 24.3 Å². The van der Waals surface area contributed by atoms with Crippen LogP contribution in [0.15, 0.2) is 36.4 Å². The maximum Gasteiger partial charge on any atom is 0.244 e. The van der Waals surface area contributed by atoms with Crippen molar-refractivity contribution in [2.24, 2.45) is 11.8 Å². The summed E-state index contributed by atoms with van der Waals surface area (Å²) in [6, 6.07) is 6.64. The largest absolute Gasteiger partial charge is 0.325 e. The highest BCUT2D eigenvalue weighted by molar-refractivity contribution is 6.30. The van der Waals surface area contributed by atoms with E-state index in [0.717, 1.165) is 4.90 Å². The second kappa shape index (κ2) is 5.93. The zero-order valence-corrected chi connectivity index (χ0v) is 12.5. The highest BCUT2D eigenvalue weighted by Gasteiger charge is 2.47. The van der Waals surface area contributed by atoms with Crippen molar-refractivity contribution in [1.82, 2.24) is 4.90 Å². The standard InChI is InChI=1S/C16H15ClN2O3/c17-10-5-7-11(8-6-10)18-14(20)9-19-15(21)12-3-1-2-4-13(12)16(19)22/h1-2,5-8,12-13H,3-4,9H2,(H,18,20)/t12-,13-/m1/s1. The second-order valence-electron chi connectivity index (χ2n) is 5.47. The first-order valence-electron chi connectivity index (χ1n) is 7.12. The van der Waals surface area contributed by atoms with Gasteiger partial charge >= 0.3 is 0 Å². The molecule has 114 valence electrons. The van der Waals surface area contributed by atoms with E-state index in [0.29, 0.717) is 23.6 Å². The molecule has 1 aromatic rings. The molecule has 22 heavy (non-hydrogen) atoms. The number of imide groups is 1. The Morgan fingerprint density at radius 2 is 1.64 bits per heavy atom. The van der Waals surface area contributed by atoms with Crippen molar-refractivity contribution >= 4 is 35.0 Å². The molecule has 0 spiro atoms. The lowest BCUT2D eigenvalue weighted by Crippen LogP contribution is -2.38. The molecule has 1 aromatic carbocycles. The van der Waals surface area contributed by atoms with Crippen LogP contribution in [0.1, 0.15) is 12.8 Å². The maximum atomic E-state index is 12.3. The summed E-state index contributed by atoms with van der Waals surface area (Å²) in [4.78, 5) is 37.6. The van der Waals surface area contributed by atoms with Gasteiger partial charge in [-0.05, 0) is 37.1 Å². The Labute approximate surface area is 132 Å². The van der Waals surface area contributed by atoms with Crippen molar-refractivity contribution in [3.05, 3.63) is 41.4 Å². The first-order chi connectivity index (χ1) is 10.6. The average molecular weight is 319 g/mol. The fourth-order valence-corrected chi connectivity index (χ4v) is 3.03. The quantitative estimate of drug-likeness (QED) is 0.686. The second-order valence-corrected chi connectivity index (χ2v) is 5.91. The summed E-state index contributed by atoms with van der Waals surface area (Å²) in [6.45, 7) is -0.243. The third-order valence-corrected chi connectivity index (χ3v) is 4.28. The molecule has 0 aromatic heterocycles. The van der Waals surface area contributed by atoms with E-state index >= 15 is 0 Å². The Morgan fingerprint density at radius 1 is 1.09 bits per heavy atom. The minimum atomic E-state index is -0.393. The molecule has 6 heteroatoms. The SMILES string of the molecule is O=C(CN1C(=O)[C@@H]2CC=CC[C@H]2C1=O)Nc1ccc(Cl)cc1. The Kier molecular flexibility index (Phi) is 3.98. The molecule has 2 atom stereocenters. The molecule has 0 unspecified atom stereocenters. The van der Waals surface area contributed by atoms with E-state index < -0.39 is 5.91 Å². The van der Waals surface area contributed by atoms with Gasteiger partial charge in [0.2, 0.25) is 17.7 Å². The molecule has 5 nitrogen and oxygen atoms in total. The third kappa shape index (κ3) is 2.76. The van der Waals surface area contributed by atoms with Crippen molar-refractivity contribution in [1.29, 1.82) is 0 Å². The molecule has 1 saturated heterocycles. The highest BCUT2D eigenvalue weighted by Crippen LogP contribution is 2.34.